The highest BCUT2D eigenvalue weighted by Gasteiger charge is 2.32. The van der Waals surface area contributed by atoms with Crippen molar-refractivity contribution in [3.63, 3.8) is 0 Å². The smallest absolute Gasteiger partial charge is 0.281 e. The Hall–Kier alpha value is -2.08. The predicted molar refractivity (Wildman–Crippen MR) is 101 cm³/mol. The average molecular weight is 379 g/mol. The fraction of sp³-hybridized carbons (Fsp3) is 0.0588. The lowest BCUT2D eigenvalue weighted by atomic mass is 10.2. The van der Waals surface area contributed by atoms with E-state index in [-0.39, 0.29) is 11.0 Å². The number of nitrogens with zero attached hydrogens (tertiary/aromatic N) is 1. The summed E-state index contributed by atoms with van der Waals surface area (Å²) in [7, 11) is 1.56. The maximum atomic E-state index is 12.7. The molecule has 0 unspecified atom stereocenters. The van der Waals surface area contributed by atoms with Gasteiger partial charge in [-0.3, -0.25) is 9.69 Å². The molecule has 1 heterocycles. The number of hydrogen-bond donors (Lipinski definition) is 1. The number of hydrogen-bond acceptors (Lipinski definition) is 3. The number of thiocarbonyl (C=S) groups is 1. The zero-order chi connectivity index (χ0) is 17.3. The van der Waals surface area contributed by atoms with Gasteiger partial charge in [-0.25, -0.2) is 0 Å². The molecule has 4 nitrogen and oxygen atoms in total. The first kappa shape index (κ1) is 16.8. The molecule has 0 aromatic heterocycles. The number of halogens is 2. The van der Waals surface area contributed by atoms with E-state index >= 15 is 0 Å². The van der Waals surface area contributed by atoms with Gasteiger partial charge < -0.3 is 10.1 Å². The van der Waals surface area contributed by atoms with E-state index in [9.17, 15) is 4.79 Å². The minimum atomic E-state index is -0.274. The maximum Gasteiger partial charge on any atom is 0.281 e. The Bertz CT molecular complexity index is 867. The number of carbonyl (C=O) groups is 1. The maximum absolute atomic E-state index is 12.7. The van der Waals surface area contributed by atoms with Crippen LogP contribution < -0.4 is 15.0 Å². The van der Waals surface area contributed by atoms with Gasteiger partial charge >= 0.3 is 0 Å². The molecule has 7 heteroatoms. The average Bonchev–Trinajstić information content (AvgIpc) is 2.85. The van der Waals surface area contributed by atoms with Crippen molar-refractivity contribution in [3.05, 3.63) is 63.8 Å². The van der Waals surface area contributed by atoms with Crippen molar-refractivity contribution < 1.29 is 9.53 Å². The van der Waals surface area contributed by atoms with Crippen molar-refractivity contribution >= 4 is 58.2 Å². The van der Waals surface area contributed by atoms with Crippen LogP contribution in [0.15, 0.2) is 48.2 Å². The van der Waals surface area contributed by atoms with Crippen LogP contribution in [0.5, 0.6) is 5.75 Å². The van der Waals surface area contributed by atoms with Gasteiger partial charge in [0.15, 0.2) is 5.11 Å². The summed E-state index contributed by atoms with van der Waals surface area (Å²) in [5.74, 6) is 0.364. The van der Waals surface area contributed by atoms with E-state index in [1.54, 1.807) is 55.7 Å². The quantitative estimate of drug-likeness (QED) is 0.639. The molecule has 1 fully saturated rings. The lowest BCUT2D eigenvalue weighted by molar-refractivity contribution is -0.113. The molecule has 1 aliphatic heterocycles. The van der Waals surface area contributed by atoms with Crippen LogP contribution in [0, 0.1) is 0 Å². The molecular formula is C17H12Cl2N2O2S. The summed E-state index contributed by atoms with van der Waals surface area (Å²) in [6, 6.07) is 12.3. The van der Waals surface area contributed by atoms with Crippen molar-refractivity contribution in [1.82, 2.24) is 5.32 Å². The first-order valence-corrected chi connectivity index (χ1v) is 8.13. The van der Waals surface area contributed by atoms with Gasteiger partial charge in [0.2, 0.25) is 0 Å². The number of rotatable bonds is 3. The fourth-order valence-electron chi connectivity index (χ4n) is 2.31. The Balaban J connectivity index is 1.97. The van der Waals surface area contributed by atoms with E-state index in [2.05, 4.69) is 5.32 Å². The molecule has 3 rings (SSSR count). The Kier molecular flexibility index (Phi) is 4.76. The summed E-state index contributed by atoms with van der Waals surface area (Å²) in [4.78, 5) is 14.1. The van der Waals surface area contributed by atoms with Gasteiger partial charge in [-0.05, 0) is 42.1 Å². The monoisotopic (exact) mass is 378 g/mol. The van der Waals surface area contributed by atoms with Crippen LogP contribution >= 0.6 is 35.4 Å². The Morgan fingerprint density at radius 2 is 1.96 bits per heavy atom. The van der Waals surface area contributed by atoms with Crippen molar-refractivity contribution in [3.8, 4) is 5.75 Å². The predicted octanol–water partition coefficient (Wildman–Crippen LogP) is 4.26. The van der Waals surface area contributed by atoms with Crippen molar-refractivity contribution in [2.45, 2.75) is 0 Å². The van der Waals surface area contributed by atoms with Crippen LogP contribution in [0.1, 0.15) is 5.56 Å². The van der Waals surface area contributed by atoms with Gasteiger partial charge in [0.25, 0.3) is 5.91 Å². The van der Waals surface area contributed by atoms with Crippen LogP contribution in [-0.4, -0.2) is 18.1 Å². The molecule has 0 atom stereocenters. The number of benzene rings is 2. The SMILES string of the molecule is COc1cccc(N2C(=O)C(=Cc3cccc(Cl)c3Cl)NC2=S)c1. The van der Waals surface area contributed by atoms with Crippen LogP contribution in [-0.2, 0) is 4.79 Å². The zero-order valence-corrected chi connectivity index (χ0v) is 14.9. The van der Waals surface area contributed by atoms with Crippen LogP contribution in [0.4, 0.5) is 5.69 Å². The topological polar surface area (TPSA) is 41.6 Å². The van der Waals surface area contributed by atoms with Gasteiger partial charge in [-0.1, -0.05) is 41.4 Å². The highest BCUT2D eigenvalue weighted by atomic mass is 35.5. The molecule has 0 spiro atoms. The number of carbonyl (C=O) groups excluding carboxylic acids is 1. The van der Waals surface area contributed by atoms with Crippen molar-refractivity contribution in [1.29, 1.82) is 0 Å². The molecule has 0 radical (unpaired) electrons. The normalized spacial score (nSPS) is 15.8. The Morgan fingerprint density at radius 3 is 2.71 bits per heavy atom. The van der Waals surface area contributed by atoms with Crippen molar-refractivity contribution in [2.24, 2.45) is 0 Å². The van der Waals surface area contributed by atoms with Crippen LogP contribution in [0.25, 0.3) is 6.08 Å². The first-order valence-electron chi connectivity index (χ1n) is 6.96. The molecule has 0 saturated carbocycles. The van der Waals surface area contributed by atoms with E-state index in [0.717, 1.165) is 0 Å². The largest absolute Gasteiger partial charge is 0.497 e. The molecule has 2 aromatic carbocycles. The van der Waals surface area contributed by atoms with E-state index < -0.39 is 0 Å². The lowest BCUT2D eigenvalue weighted by Gasteiger charge is -2.14. The summed E-state index contributed by atoms with van der Waals surface area (Å²) in [6.45, 7) is 0. The highest BCUT2D eigenvalue weighted by molar-refractivity contribution is 7.80. The minimum Gasteiger partial charge on any atom is -0.497 e. The summed E-state index contributed by atoms with van der Waals surface area (Å²) < 4.78 is 5.19. The molecule has 0 bridgehead atoms. The summed E-state index contributed by atoms with van der Waals surface area (Å²) >= 11 is 17.5. The third-order valence-electron chi connectivity index (χ3n) is 3.47. The van der Waals surface area contributed by atoms with E-state index in [0.29, 0.717) is 32.7 Å². The number of ether oxygens (including phenoxy) is 1. The highest BCUT2D eigenvalue weighted by Crippen LogP contribution is 2.29. The van der Waals surface area contributed by atoms with Gasteiger partial charge in [-0.2, -0.15) is 0 Å². The van der Waals surface area contributed by atoms with E-state index in [1.807, 2.05) is 0 Å². The van der Waals surface area contributed by atoms with Gasteiger partial charge in [-0.15, -0.1) is 0 Å². The van der Waals surface area contributed by atoms with Gasteiger partial charge in [0, 0.05) is 6.07 Å². The number of anilines is 1. The van der Waals surface area contributed by atoms with Gasteiger partial charge in [0.1, 0.15) is 11.4 Å². The summed E-state index contributed by atoms with van der Waals surface area (Å²) in [5, 5.41) is 4.00. The van der Waals surface area contributed by atoms with Gasteiger partial charge in [0.05, 0.1) is 22.8 Å². The second-order valence-corrected chi connectivity index (χ2v) is 6.15. The zero-order valence-electron chi connectivity index (χ0n) is 12.5. The molecule has 122 valence electrons. The number of amides is 1. The standard InChI is InChI=1S/C17H12Cl2N2O2S/c1-23-12-6-3-5-11(9-12)21-16(22)14(20-17(21)24)8-10-4-2-7-13(18)15(10)19/h2-9H,1H3,(H,20,24). The fourth-order valence-corrected chi connectivity index (χ4v) is 2.97. The third kappa shape index (κ3) is 3.11. The minimum absolute atomic E-state index is 0.274. The molecule has 24 heavy (non-hydrogen) atoms. The molecular weight excluding hydrogens is 367 g/mol. The van der Waals surface area contributed by atoms with Crippen molar-refractivity contribution in [2.75, 3.05) is 12.0 Å². The second-order valence-electron chi connectivity index (χ2n) is 4.97. The summed E-state index contributed by atoms with van der Waals surface area (Å²) in [6.07, 6.45) is 1.63. The third-order valence-corrected chi connectivity index (χ3v) is 4.59. The molecule has 0 aliphatic carbocycles. The molecule has 1 saturated heterocycles. The first-order chi connectivity index (χ1) is 11.5. The summed E-state index contributed by atoms with van der Waals surface area (Å²) in [5.41, 5.74) is 1.58. The number of methoxy groups -OCH3 is 1. The molecule has 1 N–H and O–H groups in total. The van der Waals surface area contributed by atoms with Crippen LogP contribution in [0.2, 0.25) is 10.0 Å². The lowest BCUT2D eigenvalue weighted by Crippen LogP contribution is -2.30. The number of nitrogens with one attached hydrogen (secondary N) is 1. The van der Waals surface area contributed by atoms with E-state index in [4.69, 9.17) is 40.2 Å². The van der Waals surface area contributed by atoms with Crippen LogP contribution in [0.3, 0.4) is 0 Å². The second kappa shape index (κ2) is 6.81. The molecule has 1 amide bonds. The Morgan fingerprint density at radius 1 is 1.21 bits per heavy atom. The Labute approximate surface area is 154 Å². The molecule has 1 aliphatic rings. The van der Waals surface area contributed by atoms with E-state index in [1.165, 1.54) is 4.90 Å². The molecule has 2 aromatic rings.